The average molecular weight is 242 g/mol. The predicted molar refractivity (Wildman–Crippen MR) is 44.4 cm³/mol. The van der Waals surface area contributed by atoms with Gasteiger partial charge in [0.15, 0.2) is 6.17 Å². The SMILES string of the molecule is O=C=NC1COCCN1S(=O)(=O)C(F)F. The third kappa shape index (κ3) is 2.57. The van der Waals surface area contributed by atoms with E-state index < -0.39 is 21.9 Å². The van der Waals surface area contributed by atoms with Crippen LogP contribution in [0.4, 0.5) is 8.78 Å². The molecule has 0 aromatic heterocycles. The van der Waals surface area contributed by atoms with Crippen molar-refractivity contribution < 1.29 is 26.7 Å². The first-order valence-corrected chi connectivity index (χ1v) is 5.44. The number of morpholine rings is 1. The first-order chi connectivity index (χ1) is 7.00. The molecule has 1 aliphatic heterocycles. The molecule has 1 heterocycles. The Morgan fingerprint density at radius 2 is 2.20 bits per heavy atom. The Labute approximate surface area is 84.6 Å². The summed E-state index contributed by atoms with van der Waals surface area (Å²) in [5.74, 6) is -3.53. The number of hydrogen-bond donors (Lipinski definition) is 0. The van der Waals surface area contributed by atoms with Gasteiger partial charge < -0.3 is 4.74 Å². The minimum Gasteiger partial charge on any atom is -0.376 e. The minimum atomic E-state index is -4.72. The fourth-order valence-corrected chi connectivity index (χ4v) is 2.12. The van der Waals surface area contributed by atoms with Gasteiger partial charge in [0.2, 0.25) is 6.08 Å². The highest BCUT2D eigenvalue weighted by molar-refractivity contribution is 7.89. The lowest BCUT2D eigenvalue weighted by atomic mass is 10.4. The van der Waals surface area contributed by atoms with Gasteiger partial charge in [0.05, 0.1) is 13.2 Å². The lowest BCUT2D eigenvalue weighted by molar-refractivity contribution is 0.0325. The fraction of sp³-hybridized carbons (Fsp3) is 0.833. The molecule has 0 aromatic carbocycles. The van der Waals surface area contributed by atoms with Crippen molar-refractivity contribution in [2.24, 2.45) is 4.99 Å². The Hall–Kier alpha value is -0.890. The quantitative estimate of drug-likeness (QED) is 0.495. The van der Waals surface area contributed by atoms with E-state index in [9.17, 15) is 22.0 Å². The molecule has 9 heteroatoms. The molecule has 0 spiro atoms. The number of isocyanates is 1. The summed E-state index contributed by atoms with van der Waals surface area (Å²) in [5, 5.41) is 0. The van der Waals surface area contributed by atoms with E-state index in [2.05, 4.69) is 4.99 Å². The largest absolute Gasteiger partial charge is 0.376 e. The van der Waals surface area contributed by atoms with E-state index in [1.807, 2.05) is 0 Å². The standard InChI is InChI=1S/C6H8F2N2O4S/c7-6(8)15(12,13)10-1-2-14-3-5(10)9-4-11/h5-6H,1-3H2. The Kier molecular flexibility index (Phi) is 3.86. The fourth-order valence-electron chi connectivity index (χ4n) is 1.14. The van der Waals surface area contributed by atoms with E-state index in [1.54, 1.807) is 0 Å². The second-order valence-electron chi connectivity index (χ2n) is 2.69. The number of sulfonamides is 1. The second-order valence-corrected chi connectivity index (χ2v) is 4.55. The summed E-state index contributed by atoms with van der Waals surface area (Å²) in [5.41, 5.74) is 0. The molecule has 0 amide bonds. The summed E-state index contributed by atoms with van der Waals surface area (Å²) in [6, 6.07) is 0. The topological polar surface area (TPSA) is 76.0 Å². The van der Waals surface area contributed by atoms with Crippen LogP contribution in [0.5, 0.6) is 0 Å². The molecule has 6 nitrogen and oxygen atoms in total. The van der Waals surface area contributed by atoms with E-state index >= 15 is 0 Å². The zero-order valence-electron chi connectivity index (χ0n) is 7.47. The van der Waals surface area contributed by atoms with Gasteiger partial charge in [0, 0.05) is 6.54 Å². The van der Waals surface area contributed by atoms with Gasteiger partial charge in [-0.3, -0.25) is 0 Å². The van der Waals surface area contributed by atoms with Crippen molar-refractivity contribution in [2.75, 3.05) is 19.8 Å². The number of aliphatic imine (C=N–C) groups is 1. The van der Waals surface area contributed by atoms with E-state index in [1.165, 1.54) is 0 Å². The summed E-state index contributed by atoms with van der Waals surface area (Å²) >= 11 is 0. The minimum absolute atomic E-state index is 0.00315. The third-order valence-electron chi connectivity index (χ3n) is 1.81. The van der Waals surface area contributed by atoms with Gasteiger partial charge in [-0.1, -0.05) is 0 Å². The zero-order valence-corrected chi connectivity index (χ0v) is 8.28. The normalized spacial score (nSPS) is 23.8. The Morgan fingerprint density at radius 1 is 1.53 bits per heavy atom. The monoisotopic (exact) mass is 242 g/mol. The van der Waals surface area contributed by atoms with Gasteiger partial charge in [-0.25, -0.2) is 13.2 Å². The molecule has 15 heavy (non-hydrogen) atoms. The van der Waals surface area contributed by atoms with E-state index in [0.717, 1.165) is 6.08 Å². The van der Waals surface area contributed by atoms with Crippen LogP contribution in [0, 0.1) is 0 Å². The van der Waals surface area contributed by atoms with Crippen molar-refractivity contribution in [3.05, 3.63) is 0 Å². The van der Waals surface area contributed by atoms with Gasteiger partial charge in [-0.05, 0) is 0 Å². The first kappa shape index (κ1) is 12.2. The number of carbonyl (C=O) groups excluding carboxylic acids is 1. The Bertz CT molecular complexity index is 365. The maximum atomic E-state index is 12.2. The number of ether oxygens (including phenoxy) is 1. The highest BCUT2D eigenvalue weighted by Gasteiger charge is 2.38. The molecule has 0 saturated carbocycles. The number of hydrogen-bond acceptors (Lipinski definition) is 5. The van der Waals surface area contributed by atoms with Crippen molar-refractivity contribution in [1.82, 2.24) is 4.31 Å². The first-order valence-electron chi connectivity index (χ1n) is 3.93. The number of alkyl halides is 2. The van der Waals surface area contributed by atoms with Crippen molar-refractivity contribution >= 4 is 16.1 Å². The molecule has 0 bridgehead atoms. The van der Waals surface area contributed by atoms with Crippen molar-refractivity contribution in [2.45, 2.75) is 11.9 Å². The third-order valence-corrected chi connectivity index (χ3v) is 3.34. The maximum Gasteiger partial charge on any atom is 0.350 e. The number of halogens is 2. The van der Waals surface area contributed by atoms with E-state index in [4.69, 9.17) is 4.74 Å². The smallest absolute Gasteiger partial charge is 0.350 e. The molecule has 0 radical (unpaired) electrons. The molecule has 1 aliphatic rings. The van der Waals surface area contributed by atoms with Crippen LogP contribution < -0.4 is 0 Å². The molecule has 1 fully saturated rings. The van der Waals surface area contributed by atoms with Crippen LogP contribution in [0.2, 0.25) is 0 Å². The van der Waals surface area contributed by atoms with Crippen LogP contribution in [-0.4, -0.2) is 50.5 Å². The zero-order chi connectivity index (χ0) is 11.5. The highest BCUT2D eigenvalue weighted by atomic mass is 32.2. The summed E-state index contributed by atoms with van der Waals surface area (Å²) in [6.45, 7) is -0.472. The lowest BCUT2D eigenvalue weighted by Gasteiger charge is -2.30. The van der Waals surface area contributed by atoms with Crippen LogP contribution in [0.1, 0.15) is 0 Å². The average Bonchev–Trinajstić information content (AvgIpc) is 2.18. The molecule has 1 unspecified atom stereocenters. The predicted octanol–water partition coefficient (Wildman–Crippen LogP) is -0.467. The van der Waals surface area contributed by atoms with Crippen LogP contribution in [0.3, 0.4) is 0 Å². The molecule has 0 N–H and O–H groups in total. The number of rotatable bonds is 3. The van der Waals surface area contributed by atoms with Crippen LogP contribution in [-0.2, 0) is 19.6 Å². The molecular weight excluding hydrogens is 234 g/mol. The van der Waals surface area contributed by atoms with Crippen molar-refractivity contribution in [1.29, 1.82) is 0 Å². The summed E-state index contributed by atoms with van der Waals surface area (Å²) in [4.78, 5) is 13.1. The Balaban J connectivity index is 2.95. The molecule has 0 aromatic rings. The molecule has 1 saturated heterocycles. The lowest BCUT2D eigenvalue weighted by Crippen LogP contribution is -2.49. The molecular formula is C6H8F2N2O4S. The van der Waals surface area contributed by atoms with Crippen molar-refractivity contribution in [3.63, 3.8) is 0 Å². The van der Waals surface area contributed by atoms with Crippen LogP contribution in [0.25, 0.3) is 0 Å². The molecule has 1 atom stereocenters. The molecule has 86 valence electrons. The van der Waals surface area contributed by atoms with E-state index in [-0.39, 0.29) is 19.8 Å². The van der Waals surface area contributed by atoms with Gasteiger partial charge >= 0.3 is 5.76 Å². The van der Waals surface area contributed by atoms with Crippen LogP contribution >= 0.6 is 0 Å². The number of nitrogens with zero attached hydrogens (tertiary/aromatic N) is 2. The van der Waals surface area contributed by atoms with E-state index in [0.29, 0.717) is 4.31 Å². The molecule has 1 rings (SSSR count). The highest BCUT2D eigenvalue weighted by Crippen LogP contribution is 2.18. The summed E-state index contributed by atoms with van der Waals surface area (Å²) < 4.78 is 51.9. The van der Waals surface area contributed by atoms with Gasteiger partial charge in [-0.15, -0.1) is 0 Å². The van der Waals surface area contributed by atoms with Gasteiger partial charge in [-0.2, -0.15) is 18.1 Å². The van der Waals surface area contributed by atoms with Gasteiger partial charge in [0.25, 0.3) is 10.0 Å². The second kappa shape index (κ2) is 4.75. The van der Waals surface area contributed by atoms with Crippen LogP contribution in [0.15, 0.2) is 4.99 Å². The Morgan fingerprint density at radius 3 is 2.73 bits per heavy atom. The summed E-state index contributed by atoms with van der Waals surface area (Å²) in [7, 11) is -4.72. The maximum absolute atomic E-state index is 12.2. The summed E-state index contributed by atoms with van der Waals surface area (Å²) in [6.07, 6.45) is -0.118. The molecule has 0 aliphatic carbocycles. The van der Waals surface area contributed by atoms with Crippen molar-refractivity contribution in [3.8, 4) is 0 Å². The van der Waals surface area contributed by atoms with Gasteiger partial charge in [0.1, 0.15) is 0 Å².